The molecular weight excluding hydrogens is 450 g/mol. The largest absolute Gasteiger partial charge is 0.339 e. The Labute approximate surface area is 201 Å². The molecule has 2 heterocycles. The smallest absolute Gasteiger partial charge is 0.244 e. The van der Waals surface area contributed by atoms with Gasteiger partial charge in [0.2, 0.25) is 16.0 Å². The van der Waals surface area contributed by atoms with Gasteiger partial charge < -0.3 is 16.0 Å². The maximum Gasteiger partial charge on any atom is 0.244 e. The molecule has 1 fully saturated rings. The Morgan fingerprint density at radius 1 is 1.03 bits per heavy atom. The maximum absolute atomic E-state index is 12.7. The molecule has 0 radical (unpaired) electrons. The molecule has 0 bridgehead atoms. The van der Waals surface area contributed by atoms with Crippen LogP contribution in [0.3, 0.4) is 0 Å². The summed E-state index contributed by atoms with van der Waals surface area (Å²) in [4.78, 5) is 11.6. The number of nitrogens with one attached hydrogen (secondary N) is 3. The summed E-state index contributed by atoms with van der Waals surface area (Å²) in [6, 6.07) is 15.1. The van der Waals surface area contributed by atoms with E-state index in [-0.39, 0.29) is 4.90 Å². The van der Waals surface area contributed by atoms with E-state index in [0.717, 1.165) is 44.0 Å². The van der Waals surface area contributed by atoms with Gasteiger partial charge in [0.25, 0.3) is 0 Å². The van der Waals surface area contributed by atoms with Crippen molar-refractivity contribution in [3.05, 3.63) is 65.9 Å². The Morgan fingerprint density at radius 3 is 2.44 bits per heavy atom. The molecule has 34 heavy (non-hydrogen) atoms. The summed E-state index contributed by atoms with van der Waals surface area (Å²) < 4.78 is 26.6. The molecular formula is C24H31N7O2S. The van der Waals surface area contributed by atoms with Crippen LogP contribution in [0, 0.1) is 6.92 Å². The highest BCUT2D eigenvalue weighted by Gasteiger charge is 2.21. The van der Waals surface area contributed by atoms with Crippen molar-refractivity contribution in [1.82, 2.24) is 24.5 Å². The minimum atomic E-state index is -3.61. The predicted molar refractivity (Wildman–Crippen MR) is 135 cm³/mol. The Balaban J connectivity index is 1.49. The Hall–Kier alpha value is -3.05. The van der Waals surface area contributed by atoms with Crippen molar-refractivity contribution in [2.75, 3.05) is 50.9 Å². The fourth-order valence-electron chi connectivity index (χ4n) is 3.70. The van der Waals surface area contributed by atoms with Gasteiger partial charge in [0, 0.05) is 64.3 Å². The average molecular weight is 482 g/mol. The van der Waals surface area contributed by atoms with Gasteiger partial charge >= 0.3 is 0 Å². The standard InChI is InChI=1S/C24H31N7O2S/c1-18-16-26-24(27-20-10-8-19(9-11-20)17-31-14-12-25-13-15-31)29-23(18)28-21-6-4-5-7-22(21)34(32,33)30(2)3/h4-11,16,25H,12-15,17H2,1-3H3,(H2,26,27,28,29). The van der Waals surface area contributed by atoms with Gasteiger partial charge in [0.05, 0.1) is 5.69 Å². The third-order valence-corrected chi connectivity index (χ3v) is 7.57. The molecule has 180 valence electrons. The fraction of sp³-hybridized carbons (Fsp3) is 0.333. The predicted octanol–water partition coefficient (Wildman–Crippen LogP) is 2.93. The second-order valence-corrected chi connectivity index (χ2v) is 10.6. The number of rotatable bonds is 8. The third kappa shape index (κ3) is 5.71. The van der Waals surface area contributed by atoms with Crippen LogP contribution in [0.15, 0.2) is 59.6 Å². The number of hydrogen-bond donors (Lipinski definition) is 3. The third-order valence-electron chi connectivity index (χ3n) is 5.70. The molecule has 2 aromatic carbocycles. The molecule has 1 saturated heterocycles. The first-order valence-corrected chi connectivity index (χ1v) is 12.7. The molecule has 3 N–H and O–H groups in total. The van der Waals surface area contributed by atoms with Gasteiger partial charge in [-0.3, -0.25) is 4.90 Å². The highest BCUT2D eigenvalue weighted by Crippen LogP contribution is 2.27. The molecule has 0 spiro atoms. The lowest BCUT2D eigenvalue weighted by molar-refractivity contribution is 0.233. The first-order valence-electron chi connectivity index (χ1n) is 11.2. The van der Waals surface area contributed by atoms with E-state index < -0.39 is 10.0 Å². The molecule has 1 aliphatic heterocycles. The van der Waals surface area contributed by atoms with Crippen LogP contribution >= 0.6 is 0 Å². The SMILES string of the molecule is Cc1cnc(Nc2ccc(CN3CCNCC3)cc2)nc1Nc1ccccc1S(=O)(=O)N(C)C. The number of nitrogens with zero attached hydrogens (tertiary/aromatic N) is 4. The van der Waals surface area contributed by atoms with Crippen molar-refractivity contribution in [2.45, 2.75) is 18.4 Å². The van der Waals surface area contributed by atoms with Gasteiger partial charge in [-0.2, -0.15) is 4.98 Å². The zero-order valence-electron chi connectivity index (χ0n) is 19.7. The molecule has 1 aromatic heterocycles. The van der Waals surface area contributed by atoms with E-state index in [1.165, 1.54) is 24.0 Å². The van der Waals surface area contributed by atoms with E-state index in [1.54, 1.807) is 30.5 Å². The normalized spacial score (nSPS) is 14.8. The number of hydrogen-bond acceptors (Lipinski definition) is 8. The highest BCUT2D eigenvalue weighted by molar-refractivity contribution is 7.89. The molecule has 0 amide bonds. The zero-order valence-corrected chi connectivity index (χ0v) is 20.6. The second kappa shape index (κ2) is 10.5. The van der Waals surface area contributed by atoms with Crippen LogP contribution in [-0.4, -0.2) is 67.9 Å². The lowest BCUT2D eigenvalue weighted by Crippen LogP contribution is -2.42. The Bertz CT molecular complexity index is 1220. The van der Waals surface area contributed by atoms with Gasteiger partial charge in [-0.15, -0.1) is 0 Å². The summed E-state index contributed by atoms with van der Waals surface area (Å²) in [7, 11) is -0.583. The molecule has 0 aliphatic carbocycles. The molecule has 9 nitrogen and oxygen atoms in total. The summed E-state index contributed by atoms with van der Waals surface area (Å²) in [5, 5.41) is 9.79. The van der Waals surface area contributed by atoms with E-state index in [0.29, 0.717) is 17.5 Å². The number of anilines is 4. The van der Waals surface area contributed by atoms with Crippen LogP contribution in [-0.2, 0) is 16.6 Å². The van der Waals surface area contributed by atoms with Gasteiger partial charge in [-0.05, 0) is 36.8 Å². The summed E-state index contributed by atoms with van der Waals surface area (Å²) >= 11 is 0. The molecule has 10 heteroatoms. The van der Waals surface area contributed by atoms with E-state index in [9.17, 15) is 8.42 Å². The van der Waals surface area contributed by atoms with E-state index >= 15 is 0 Å². The number of aromatic nitrogens is 2. The van der Waals surface area contributed by atoms with Crippen LogP contribution in [0.4, 0.5) is 23.1 Å². The van der Waals surface area contributed by atoms with E-state index in [1.807, 2.05) is 19.1 Å². The van der Waals surface area contributed by atoms with Crippen molar-refractivity contribution >= 4 is 33.2 Å². The molecule has 0 atom stereocenters. The van der Waals surface area contributed by atoms with Crippen molar-refractivity contribution in [3.63, 3.8) is 0 Å². The first kappa shape index (κ1) is 24.1. The number of piperazine rings is 1. The maximum atomic E-state index is 12.7. The number of para-hydroxylation sites is 1. The van der Waals surface area contributed by atoms with Crippen LogP contribution in [0.1, 0.15) is 11.1 Å². The lowest BCUT2D eigenvalue weighted by atomic mass is 10.2. The van der Waals surface area contributed by atoms with Crippen molar-refractivity contribution in [2.24, 2.45) is 0 Å². The van der Waals surface area contributed by atoms with Gasteiger partial charge in [0.1, 0.15) is 10.7 Å². The van der Waals surface area contributed by atoms with Crippen molar-refractivity contribution in [1.29, 1.82) is 0 Å². The molecule has 0 saturated carbocycles. The summed E-state index contributed by atoms with van der Waals surface area (Å²) in [5.41, 5.74) is 3.41. The van der Waals surface area contributed by atoms with Gasteiger partial charge in [-0.25, -0.2) is 17.7 Å². The lowest BCUT2D eigenvalue weighted by Gasteiger charge is -2.27. The van der Waals surface area contributed by atoms with Gasteiger partial charge in [-0.1, -0.05) is 24.3 Å². The quantitative estimate of drug-likeness (QED) is 0.451. The van der Waals surface area contributed by atoms with Gasteiger partial charge in [0.15, 0.2) is 0 Å². The molecule has 3 aromatic rings. The minimum absolute atomic E-state index is 0.188. The van der Waals surface area contributed by atoms with E-state index in [4.69, 9.17) is 0 Å². The van der Waals surface area contributed by atoms with Crippen LogP contribution < -0.4 is 16.0 Å². The first-order chi connectivity index (χ1) is 16.3. The Morgan fingerprint density at radius 2 is 1.74 bits per heavy atom. The monoisotopic (exact) mass is 481 g/mol. The number of aryl methyl sites for hydroxylation is 1. The second-order valence-electron chi connectivity index (χ2n) is 8.48. The van der Waals surface area contributed by atoms with Crippen molar-refractivity contribution < 1.29 is 8.42 Å². The zero-order chi connectivity index (χ0) is 24.1. The van der Waals surface area contributed by atoms with E-state index in [2.05, 4.69) is 43.0 Å². The fourth-order valence-corrected chi connectivity index (χ4v) is 4.74. The Kier molecular flexibility index (Phi) is 7.42. The van der Waals surface area contributed by atoms with Crippen LogP contribution in [0.2, 0.25) is 0 Å². The number of sulfonamides is 1. The summed E-state index contributed by atoms with van der Waals surface area (Å²) in [5.74, 6) is 0.963. The molecule has 4 rings (SSSR count). The summed E-state index contributed by atoms with van der Waals surface area (Å²) in [6.45, 7) is 7.00. The average Bonchev–Trinajstić information content (AvgIpc) is 2.83. The minimum Gasteiger partial charge on any atom is -0.339 e. The molecule has 1 aliphatic rings. The molecule has 0 unspecified atom stereocenters. The summed E-state index contributed by atoms with van der Waals surface area (Å²) in [6.07, 6.45) is 1.71. The topological polar surface area (TPSA) is 102 Å². The van der Waals surface area contributed by atoms with Crippen LogP contribution in [0.5, 0.6) is 0 Å². The van der Waals surface area contributed by atoms with Crippen LogP contribution in [0.25, 0.3) is 0 Å². The van der Waals surface area contributed by atoms with Crippen molar-refractivity contribution in [3.8, 4) is 0 Å². The highest BCUT2D eigenvalue weighted by atomic mass is 32.2. The number of benzene rings is 2.